The molecule has 0 heterocycles. The van der Waals surface area contributed by atoms with Crippen LogP contribution in [0.4, 0.5) is 0 Å². The van der Waals surface area contributed by atoms with Gasteiger partial charge in [-0.05, 0) is 35.6 Å². The Bertz CT molecular complexity index is 896. The molecule has 0 bridgehead atoms. The highest BCUT2D eigenvalue weighted by Crippen LogP contribution is 2.27. The standard InChI is InChI=1S/C22H30N2O4S/c1-16(2)15-20(17-11-13-19(28-4)14-12-17)23-22(25)21(24(3)29(5,26)27)18-9-7-6-8-10-18/h6-14,16,20-21H,15H2,1-5H3,(H,23,25)/t20-,21-/m0/s1. The van der Waals surface area contributed by atoms with Crippen molar-refractivity contribution in [3.05, 3.63) is 65.7 Å². The summed E-state index contributed by atoms with van der Waals surface area (Å²) in [7, 11) is -0.539. The molecule has 0 fully saturated rings. The number of carbonyl (C=O) groups is 1. The fraction of sp³-hybridized carbons (Fsp3) is 0.409. The lowest BCUT2D eigenvalue weighted by molar-refractivity contribution is -0.125. The van der Waals surface area contributed by atoms with Gasteiger partial charge in [-0.1, -0.05) is 56.3 Å². The van der Waals surface area contributed by atoms with E-state index in [4.69, 9.17) is 4.74 Å². The zero-order chi connectivity index (χ0) is 21.6. The van der Waals surface area contributed by atoms with Crippen LogP contribution < -0.4 is 10.1 Å². The second kappa shape index (κ2) is 9.89. The maximum Gasteiger partial charge on any atom is 0.243 e. The predicted octanol–water partition coefficient (Wildman–Crippen LogP) is 3.53. The summed E-state index contributed by atoms with van der Waals surface area (Å²) in [5, 5.41) is 3.07. The van der Waals surface area contributed by atoms with E-state index >= 15 is 0 Å². The predicted molar refractivity (Wildman–Crippen MR) is 115 cm³/mol. The van der Waals surface area contributed by atoms with E-state index in [1.807, 2.05) is 30.3 Å². The van der Waals surface area contributed by atoms with E-state index < -0.39 is 16.1 Å². The minimum atomic E-state index is -3.57. The van der Waals surface area contributed by atoms with Crippen LogP contribution in [0.15, 0.2) is 54.6 Å². The molecule has 6 nitrogen and oxygen atoms in total. The van der Waals surface area contributed by atoms with Crippen molar-refractivity contribution in [3.63, 3.8) is 0 Å². The van der Waals surface area contributed by atoms with Crippen LogP contribution in [0.3, 0.4) is 0 Å². The largest absolute Gasteiger partial charge is 0.497 e. The maximum absolute atomic E-state index is 13.3. The van der Waals surface area contributed by atoms with Crippen molar-refractivity contribution in [1.82, 2.24) is 9.62 Å². The molecular weight excluding hydrogens is 388 g/mol. The molecule has 0 aliphatic carbocycles. The number of rotatable bonds is 9. The van der Waals surface area contributed by atoms with Gasteiger partial charge >= 0.3 is 0 Å². The number of nitrogens with one attached hydrogen (secondary N) is 1. The minimum absolute atomic E-state index is 0.243. The van der Waals surface area contributed by atoms with Crippen LogP contribution >= 0.6 is 0 Å². The average Bonchev–Trinajstić information content (AvgIpc) is 2.67. The summed E-state index contributed by atoms with van der Waals surface area (Å²) in [6.45, 7) is 4.17. The van der Waals surface area contributed by atoms with Crippen molar-refractivity contribution in [3.8, 4) is 5.75 Å². The first-order chi connectivity index (χ1) is 13.6. The third kappa shape index (κ3) is 6.30. The van der Waals surface area contributed by atoms with Crippen LogP contribution in [-0.2, 0) is 14.8 Å². The molecule has 0 aromatic heterocycles. The maximum atomic E-state index is 13.3. The van der Waals surface area contributed by atoms with Crippen molar-refractivity contribution in [2.45, 2.75) is 32.4 Å². The summed E-state index contributed by atoms with van der Waals surface area (Å²) < 4.78 is 30.7. The van der Waals surface area contributed by atoms with Crippen molar-refractivity contribution in [1.29, 1.82) is 0 Å². The minimum Gasteiger partial charge on any atom is -0.497 e. The van der Waals surface area contributed by atoms with Crippen molar-refractivity contribution >= 4 is 15.9 Å². The summed E-state index contributed by atoms with van der Waals surface area (Å²) in [4.78, 5) is 13.3. The van der Waals surface area contributed by atoms with E-state index in [1.165, 1.54) is 7.05 Å². The fourth-order valence-corrected chi connectivity index (χ4v) is 3.79. The number of amides is 1. The molecule has 0 spiro atoms. The van der Waals surface area contributed by atoms with Gasteiger partial charge in [0.05, 0.1) is 19.4 Å². The number of methoxy groups -OCH3 is 1. The second-order valence-corrected chi connectivity index (χ2v) is 9.60. The summed E-state index contributed by atoms with van der Waals surface area (Å²) in [6, 6.07) is 15.3. The fourth-order valence-electron chi connectivity index (χ4n) is 3.19. The number of sulfonamides is 1. The SMILES string of the molecule is COc1ccc([C@H](CC(C)C)NC(=O)[C@H](c2ccccc2)N(C)S(C)(=O)=O)cc1. The molecule has 0 aliphatic rings. The van der Waals surface area contributed by atoms with Crippen LogP contribution in [0.1, 0.15) is 43.5 Å². The lowest BCUT2D eigenvalue weighted by atomic mass is 9.96. The lowest BCUT2D eigenvalue weighted by Gasteiger charge is -2.29. The van der Waals surface area contributed by atoms with Crippen LogP contribution in [0, 0.1) is 5.92 Å². The Morgan fingerprint density at radius 2 is 1.62 bits per heavy atom. The molecular formula is C22H30N2O4S. The van der Waals surface area contributed by atoms with Crippen molar-refractivity contribution < 1.29 is 17.9 Å². The number of carbonyl (C=O) groups excluding carboxylic acids is 1. The van der Waals surface area contributed by atoms with Gasteiger partial charge in [-0.2, -0.15) is 4.31 Å². The first-order valence-electron chi connectivity index (χ1n) is 9.55. The number of ether oxygens (including phenoxy) is 1. The number of likely N-dealkylation sites (N-methyl/N-ethyl adjacent to an activating group) is 1. The second-order valence-electron chi connectivity index (χ2n) is 7.56. The monoisotopic (exact) mass is 418 g/mol. The molecule has 0 saturated heterocycles. The third-order valence-corrected chi connectivity index (χ3v) is 6.05. The third-order valence-electron chi connectivity index (χ3n) is 4.79. The quantitative estimate of drug-likeness (QED) is 0.676. The number of hydrogen-bond acceptors (Lipinski definition) is 4. The van der Waals surface area contributed by atoms with Gasteiger partial charge in [-0.15, -0.1) is 0 Å². The Kier molecular flexibility index (Phi) is 7.81. The Morgan fingerprint density at radius 1 is 1.03 bits per heavy atom. The molecule has 7 heteroatoms. The first kappa shape index (κ1) is 22.9. The Morgan fingerprint density at radius 3 is 2.10 bits per heavy atom. The van der Waals surface area contributed by atoms with Crippen LogP contribution in [0.5, 0.6) is 5.75 Å². The summed E-state index contributed by atoms with van der Waals surface area (Å²) in [5.41, 5.74) is 1.57. The van der Waals surface area contributed by atoms with E-state index in [9.17, 15) is 13.2 Å². The number of hydrogen-bond donors (Lipinski definition) is 1. The highest BCUT2D eigenvalue weighted by molar-refractivity contribution is 7.88. The zero-order valence-electron chi connectivity index (χ0n) is 17.6. The van der Waals surface area contributed by atoms with E-state index in [0.717, 1.165) is 28.3 Å². The molecule has 1 N–H and O–H groups in total. The van der Waals surface area contributed by atoms with E-state index in [-0.39, 0.29) is 11.9 Å². The summed E-state index contributed by atoms with van der Waals surface area (Å²) in [5.74, 6) is 0.721. The van der Waals surface area contributed by atoms with E-state index in [1.54, 1.807) is 31.4 Å². The molecule has 0 radical (unpaired) electrons. The molecule has 2 rings (SSSR count). The Labute approximate surface area is 173 Å². The van der Waals surface area contributed by atoms with Gasteiger partial charge in [0.1, 0.15) is 11.8 Å². The highest BCUT2D eigenvalue weighted by Gasteiger charge is 2.32. The molecule has 29 heavy (non-hydrogen) atoms. The Balaban J connectivity index is 2.36. The van der Waals surface area contributed by atoms with Crippen LogP contribution in [0.2, 0.25) is 0 Å². The summed E-state index contributed by atoms with van der Waals surface area (Å²) >= 11 is 0. The van der Waals surface area contributed by atoms with Gasteiger partial charge in [0.15, 0.2) is 0 Å². The van der Waals surface area contributed by atoms with Crippen molar-refractivity contribution in [2.24, 2.45) is 5.92 Å². The molecule has 2 aromatic carbocycles. The molecule has 1 amide bonds. The molecule has 158 valence electrons. The van der Waals surface area contributed by atoms with Gasteiger partial charge in [0, 0.05) is 7.05 Å². The van der Waals surface area contributed by atoms with Gasteiger partial charge in [0.2, 0.25) is 15.9 Å². The highest BCUT2D eigenvalue weighted by atomic mass is 32.2. The van der Waals surface area contributed by atoms with Crippen LogP contribution in [-0.4, -0.2) is 39.0 Å². The first-order valence-corrected chi connectivity index (χ1v) is 11.4. The van der Waals surface area contributed by atoms with Gasteiger partial charge < -0.3 is 10.1 Å². The normalized spacial score (nSPS) is 13.9. The zero-order valence-corrected chi connectivity index (χ0v) is 18.4. The molecule has 0 saturated carbocycles. The van der Waals surface area contributed by atoms with Gasteiger partial charge in [-0.3, -0.25) is 4.79 Å². The van der Waals surface area contributed by atoms with Gasteiger partial charge in [0.25, 0.3) is 0 Å². The lowest BCUT2D eigenvalue weighted by Crippen LogP contribution is -2.42. The Hall–Kier alpha value is -2.38. The molecule has 2 atom stereocenters. The smallest absolute Gasteiger partial charge is 0.243 e. The van der Waals surface area contributed by atoms with Crippen molar-refractivity contribution in [2.75, 3.05) is 20.4 Å². The topological polar surface area (TPSA) is 75.7 Å². The average molecular weight is 419 g/mol. The van der Waals surface area contributed by atoms with Gasteiger partial charge in [-0.25, -0.2) is 8.42 Å². The number of nitrogens with zero attached hydrogens (tertiary/aromatic N) is 1. The number of benzene rings is 2. The van der Waals surface area contributed by atoms with E-state index in [2.05, 4.69) is 19.2 Å². The molecule has 2 aromatic rings. The molecule has 0 aliphatic heterocycles. The summed E-state index contributed by atoms with van der Waals surface area (Å²) in [6.07, 6.45) is 1.83. The van der Waals surface area contributed by atoms with Crippen LogP contribution in [0.25, 0.3) is 0 Å². The van der Waals surface area contributed by atoms with E-state index in [0.29, 0.717) is 11.5 Å². The molecule has 0 unspecified atom stereocenters.